The third-order valence-corrected chi connectivity index (χ3v) is 5.47. The molecule has 0 spiro atoms. The van der Waals surface area contributed by atoms with Gasteiger partial charge in [-0.15, -0.1) is 24.8 Å². The van der Waals surface area contributed by atoms with E-state index >= 15 is 0 Å². The number of esters is 1. The summed E-state index contributed by atoms with van der Waals surface area (Å²) in [5.74, 6) is 0.471. The molecule has 0 saturated carbocycles. The summed E-state index contributed by atoms with van der Waals surface area (Å²) in [6.45, 7) is 9.75. The minimum absolute atomic E-state index is 0. The predicted octanol–water partition coefficient (Wildman–Crippen LogP) is 3.01. The molecule has 1 aromatic carbocycles. The van der Waals surface area contributed by atoms with Crippen LogP contribution in [0.3, 0.4) is 0 Å². The monoisotopic (exact) mass is 490 g/mol. The van der Waals surface area contributed by atoms with E-state index in [-0.39, 0.29) is 43.4 Å². The van der Waals surface area contributed by atoms with E-state index in [1.807, 2.05) is 18.7 Å². The van der Waals surface area contributed by atoms with Gasteiger partial charge < -0.3 is 25.0 Å². The number of hydrogen-bond donors (Lipinski definition) is 2. The average Bonchev–Trinajstić information content (AvgIpc) is 2.78. The van der Waals surface area contributed by atoms with Gasteiger partial charge in [-0.3, -0.25) is 4.90 Å². The summed E-state index contributed by atoms with van der Waals surface area (Å²) in [6.07, 6.45) is 2.38. The van der Waals surface area contributed by atoms with E-state index in [0.717, 1.165) is 39.3 Å². The van der Waals surface area contributed by atoms with Gasteiger partial charge in [0.2, 0.25) is 0 Å². The minimum Gasteiger partial charge on any atom is -0.482 e. The Bertz CT molecular complexity index is 692. The third-order valence-electron chi connectivity index (χ3n) is 5.47. The molecule has 8 nitrogen and oxygen atoms in total. The number of hydrogen-bond acceptors (Lipinski definition) is 6. The van der Waals surface area contributed by atoms with E-state index in [2.05, 4.69) is 15.5 Å². The van der Waals surface area contributed by atoms with E-state index in [4.69, 9.17) is 9.47 Å². The van der Waals surface area contributed by atoms with E-state index in [1.165, 1.54) is 12.8 Å². The highest BCUT2D eigenvalue weighted by Gasteiger charge is 2.26. The van der Waals surface area contributed by atoms with Crippen molar-refractivity contribution in [2.45, 2.75) is 32.7 Å². The maximum atomic E-state index is 12.6. The summed E-state index contributed by atoms with van der Waals surface area (Å²) in [5.41, 5.74) is 0.704. The van der Waals surface area contributed by atoms with Gasteiger partial charge in [-0.1, -0.05) is 13.8 Å². The molecule has 182 valence electrons. The molecule has 0 aromatic heterocycles. The van der Waals surface area contributed by atoms with Crippen molar-refractivity contribution in [1.82, 2.24) is 15.1 Å². The van der Waals surface area contributed by atoms with Crippen LogP contribution in [0.25, 0.3) is 0 Å². The van der Waals surface area contributed by atoms with Gasteiger partial charge in [0.1, 0.15) is 5.75 Å². The summed E-state index contributed by atoms with van der Waals surface area (Å²) >= 11 is 0. The van der Waals surface area contributed by atoms with E-state index < -0.39 is 0 Å². The molecule has 3 rings (SSSR count). The third kappa shape index (κ3) is 9.02. The number of rotatable bonds is 7. The number of piperazine rings is 1. The number of carbonyl (C=O) groups is 2. The second-order valence-electron chi connectivity index (χ2n) is 8.32. The lowest BCUT2D eigenvalue weighted by Gasteiger charge is -2.40. The van der Waals surface area contributed by atoms with Crippen LogP contribution in [0.5, 0.6) is 5.75 Å². The lowest BCUT2D eigenvalue weighted by Crippen LogP contribution is -2.54. The number of amides is 2. The zero-order valence-corrected chi connectivity index (χ0v) is 20.5. The fraction of sp³-hybridized carbons (Fsp3) is 0.636. The molecular weight excluding hydrogens is 455 g/mol. The van der Waals surface area contributed by atoms with Crippen molar-refractivity contribution < 1.29 is 19.1 Å². The summed E-state index contributed by atoms with van der Waals surface area (Å²) in [6, 6.07) is 7.59. The molecule has 2 aliphatic rings. The Labute approximate surface area is 203 Å². The Hall–Kier alpha value is -1.74. The highest BCUT2D eigenvalue weighted by atomic mass is 35.5. The number of anilines is 1. The van der Waals surface area contributed by atoms with E-state index in [1.54, 1.807) is 24.3 Å². The number of piperidine rings is 1. The van der Waals surface area contributed by atoms with Crippen molar-refractivity contribution >= 4 is 42.5 Å². The van der Waals surface area contributed by atoms with Gasteiger partial charge in [0.15, 0.2) is 6.61 Å². The van der Waals surface area contributed by atoms with Crippen LogP contribution >= 0.6 is 24.8 Å². The van der Waals surface area contributed by atoms with Gasteiger partial charge >= 0.3 is 12.0 Å². The fourth-order valence-corrected chi connectivity index (χ4v) is 3.74. The van der Waals surface area contributed by atoms with Crippen LogP contribution in [0.1, 0.15) is 26.7 Å². The Morgan fingerprint density at radius 3 is 2.28 bits per heavy atom. The quantitative estimate of drug-likeness (QED) is 0.571. The SMILES string of the molecule is CC(C)COC(=O)COc1ccc(NC(=O)N2CCN(C3CCNCC3)CC2)cc1.Cl.Cl. The number of halogens is 2. The smallest absolute Gasteiger partial charge is 0.344 e. The molecule has 2 heterocycles. The molecule has 2 saturated heterocycles. The van der Waals surface area contributed by atoms with Crippen molar-refractivity contribution in [2.24, 2.45) is 5.92 Å². The zero-order valence-electron chi connectivity index (χ0n) is 18.9. The topological polar surface area (TPSA) is 83.1 Å². The molecule has 2 aliphatic heterocycles. The first-order valence-electron chi connectivity index (χ1n) is 10.9. The van der Waals surface area contributed by atoms with Crippen LogP contribution in [0, 0.1) is 5.92 Å². The standard InChI is InChI=1S/C22H34N4O4.2ClH/c1-17(2)15-30-21(27)16-29-20-5-3-18(4-6-20)24-22(28)26-13-11-25(12-14-26)19-7-9-23-10-8-19;;/h3-6,17,19,23H,7-16H2,1-2H3,(H,24,28);2*1H. The van der Waals surface area contributed by atoms with Crippen molar-refractivity contribution in [3.8, 4) is 5.75 Å². The van der Waals surface area contributed by atoms with Gasteiger partial charge in [0, 0.05) is 37.9 Å². The molecule has 0 atom stereocenters. The van der Waals surface area contributed by atoms with Crippen LogP contribution in [0.2, 0.25) is 0 Å². The second-order valence-corrected chi connectivity index (χ2v) is 8.32. The summed E-state index contributed by atoms with van der Waals surface area (Å²) in [7, 11) is 0. The average molecular weight is 491 g/mol. The molecule has 32 heavy (non-hydrogen) atoms. The van der Waals surface area contributed by atoms with Crippen molar-refractivity contribution in [2.75, 3.05) is 57.8 Å². The molecule has 1 aromatic rings. The van der Waals surface area contributed by atoms with Gasteiger partial charge in [-0.25, -0.2) is 9.59 Å². The number of nitrogens with zero attached hydrogens (tertiary/aromatic N) is 2. The molecule has 0 aliphatic carbocycles. The van der Waals surface area contributed by atoms with Gasteiger partial charge in [-0.2, -0.15) is 0 Å². The number of nitrogens with one attached hydrogen (secondary N) is 2. The summed E-state index contributed by atoms with van der Waals surface area (Å²) in [4.78, 5) is 28.6. The van der Waals surface area contributed by atoms with Crippen LogP contribution in [0.15, 0.2) is 24.3 Å². The van der Waals surface area contributed by atoms with Crippen LogP contribution < -0.4 is 15.4 Å². The fourth-order valence-electron chi connectivity index (χ4n) is 3.74. The first kappa shape index (κ1) is 28.3. The Kier molecular flexibility index (Phi) is 12.7. The normalized spacial score (nSPS) is 17.2. The first-order chi connectivity index (χ1) is 14.5. The predicted molar refractivity (Wildman–Crippen MR) is 130 cm³/mol. The highest BCUT2D eigenvalue weighted by molar-refractivity contribution is 5.89. The lowest BCUT2D eigenvalue weighted by molar-refractivity contribution is -0.147. The Balaban J connectivity index is 0.00000256. The second kappa shape index (κ2) is 14.4. The molecule has 2 N–H and O–H groups in total. The molecule has 2 amide bonds. The van der Waals surface area contributed by atoms with Gasteiger partial charge in [-0.05, 0) is 56.1 Å². The Morgan fingerprint density at radius 1 is 1.06 bits per heavy atom. The number of benzene rings is 1. The molecule has 0 bridgehead atoms. The number of urea groups is 1. The molecule has 10 heteroatoms. The first-order valence-corrected chi connectivity index (χ1v) is 10.9. The number of carbonyl (C=O) groups excluding carboxylic acids is 2. The van der Waals surface area contributed by atoms with Crippen molar-refractivity contribution in [1.29, 1.82) is 0 Å². The van der Waals surface area contributed by atoms with E-state index in [9.17, 15) is 9.59 Å². The largest absolute Gasteiger partial charge is 0.482 e. The van der Waals surface area contributed by atoms with Gasteiger partial charge in [0.25, 0.3) is 0 Å². The van der Waals surface area contributed by atoms with Gasteiger partial charge in [0.05, 0.1) is 6.61 Å². The van der Waals surface area contributed by atoms with Crippen LogP contribution in [-0.4, -0.2) is 80.3 Å². The minimum atomic E-state index is -0.385. The van der Waals surface area contributed by atoms with Crippen LogP contribution in [0.4, 0.5) is 10.5 Å². The molecule has 0 unspecified atom stereocenters. The van der Waals surface area contributed by atoms with Crippen LogP contribution in [-0.2, 0) is 9.53 Å². The maximum Gasteiger partial charge on any atom is 0.344 e. The highest BCUT2D eigenvalue weighted by Crippen LogP contribution is 2.18. The molecular formula is C22H36Cl2N4O4. The number of ether oxygens (including phenoxy) is 2. The lowest BCUT2D eigenvalue weighted by atomic mass is 10.0. The summed E-state index contributed by atoms with van der Waals surface area (Å²) < 4.78 is 10.5. The molecule has 2 fully saturated rings. The Morgan fingerprint density at radius 2 is 1.69 bits per heavy atom. The van der Waals surface area contributed by atoms with E-state index in [0.29, 0.717) is 30.0 Å². The zero-order chi connectivity index (χ0) is 21.3. The molecule has 0 radical (unpaired) electrons. The van der Waals surface area contributed by atoms with Crippen molar-refractivity contribution in [3.05, 3.63) is 24.3 Å². The van der Waals surface area contributed by atoms with Crippen molar-refractivity contribution in [3.63, 3.8) is 0 Å². The maximum absolute atomic E-state index is 12.6. The summed E-state index contributed by atoms with van der Waals surface area (Å²) in [5, 5.41) is 6.34.